The van der Waals surface area contributed by atoms with Crippen molar-refractivity contribution in [1.82, 2.24) is 0 Å². The molecule has 0 amide bonds. The molecule has 0 atom stereocenters. The zero-order chi connectivity index (χ0) is 10.1. The molecule has 0 aliphatic rings. The van der Waals surface area contributed by atoms with Gasteiger partial charge in [-0.15, -0.1) is 0 Å². The molecule has 0 heteroatoms. The smallest absolute Gasteiger partial charge is 0.0129 e. The summed E-state index contributed by atoms with van der Waals surface area (Å²) in [7, 11) is 0. The molecule has 0 heterocycles. The van der Waals surface area contributed by atoms with Gasteiger partial charge in [-0.1, -0.05) is 45.9 Å². The van der Waals surface area contributed by atoms with Gasteiger partial charge in [-0.05, 0) is 35.4 Å². The van der Waals surface area contributed by atoms with E-state index in [0.29, 0.717) is 0 Å². The molecule has 0 nitrogen and oxygen atoms in total. The fraction of sp³-hybridized carbons (Fsp3) is 0.462. The largest absolute Gasteiger partial charge is 0.0617 e. The summed E-state index contributed by atoms with van der Waals surface area (Å²) in [5.41, 5.74) is 4.26. The van der Waals surface area contributed by atoms with Gasteiger partial charge >= 0.3 is 0 Å². The van der Waals surface area contributed by atoms with Gasteiger partial charge in [0.1, 0.15) is 0 Å². The van der Waals surface area contributed by atoms with Gasteiger partial charge in [0.05, 0.1) is 0 Å². The van der Waals surface area contributed by atoms with Crippen LogP contribution in [0.5, 0.6) is 0 Å². The first-order valence-corrected chi connectivity index (χ1v) is 4.91. The van der Waals surface area contributed by atoms with Gasteiger partial charge in [-0.3, -0.25) is 0 Å². The summed E-state index contributed by atoms with van der Waals surface area (Å²) < 4.78 is 0. The molecule has 1 aromatic carbocycles. The molecule has 0 saturated heterocycles. The molecule has 71 valence electrons. The van der Waals surface area contributed by atoms with Gasteiger partial charge < -0.3 is 0 Å². The van der Waals surface area contributed by atoms with Crippen LogP contribution in [0.4, 0.5) is 0 Å². The summed E-state index contributed by atoms with van der Waals surface area (Å²) in [6, 6.07) is 6.41. The van der Waals surface area contributed by atoms with E-state index in [-0.39, 0.29) is 5.41 Å². The lowest BCUT2D eigenvalue weighted by atomic mass is 9.81. The lowest BCUT2D eigenvalue weighted by Crippen LogP contribution is -2.14. The Bertz CT molecular complexity index is 289. The number of rotatable bonds is 1. The van der Waals surface area contributed by atoms with Crippen molar-refractivity contribution in [3.05, 3.63) is 41.8 Å². The summed E-state index contributed by atoms with van der Waals surface area (Å²) in [5.74, 6) is 0. The molecule has 0 aliphatic carbocycles. The Kier molecular flexibility index (Phi) is 2.80. The predicted octanol–water partition coefficient (Wildman–Crippen LogP) is 3.73. The van der Waals surface area contributed by atoms with E-state index < -0.39 is 0 Å². The Morgan fingerprint density at radius 2 is 1.85 bits per heavy atom. The van der Waals surface area contributed by atoms with E-state index in [2.05, 4.69) is 52.8 Å². The summed E-state index contributed by atoms with van der Waals surface area (Å²) in [4.78, 5) is 0. The number of benzene rings is 1. The zero-order valence-corrected chi connectivity index (χ0v) is 9.15. The molecule has 13 heavy (non-hydrogen) atoms. The second-order valence-corrected chi connectivity index (χ2v) is 4.55. The third-order valence-electron chi connectivity index (χ3n) is 2.43. The van der Waals surface area contributed by atoms with Crippen LogP contribution in [0.3, 0.4) is 0 Å². The Balaban J connectivity index is 3.29. The molecule has 1 aromatic rings. The van der Waals surface area contributed by atoms with Crippen LogP contribution in [0.25, 0.3) is 0 Å². The standard InChI is InChI=1S/C13H19/c1-6-11-10(2)8-7-9-12(11)13(3,4)5/h7-9H,2,6H2,1,3-5H3. The van der Waals surface area contributed by atoms with E-state index in [9.17, 15) is 0 Å². The van der Waals surface area contributed by atoms with Crippen LogP contribution in [0.15, 0.2) is 18.2 Å². The van der Waals surface area contributed by atoms with Crippen molar-refractivity contribution in [2.24, 2.45) is 0 Å². The normalized spacial score (nSPS) is 11.8. The van der Waals surface area contributed by atoms with Gasteiger partial charge in [0.15, 0.2) is 0 Å². The molecule has 0 aliphatic heterocycles. The lowest BCUT2D eigenvalue weighted by molar-refractivity contribution is 0.583. The van der Waals surface area contributed by atoms with Crippen molar-refractivity contribution >= 4 is 0 Å². The van der Waals surface area contributed by atoms with Crippen molar-refractivity contribution in [3.8, 4) is 0 Å². The van der Waals surface area contributed by atoms with Crippen molar-refractivity contribution in [1.29, 1.82) is 0 Å². The fourth-order valence-corrected chi connectivity index (χ4v) is 1.75. The molecule has 0 aromatic heterocycles. The second kappa shape index (κ2) is 3.53. The minimum absolute atomic E-state index is 0.235. The third-order valence-corrected chi connectivity index (χ3v) is 2.43. The summed E-state index contributed by atoms with van der Waals surface area (Å²) in [6.45, 7) is 13.0. The Labute approximate surface area is 82.0 Å². The van der Waals surface area contributed by atoms with Crippen molar-refractivity contribution < 1.29 is 0 Å². The quantitative estimate of drug-likeness (QED) is 0.610. The van der Waals surface area contributed by atoms with Gasteiger partial charge in [0.2, 0.25) is 0 Å². The van der Waals surface area contributed by atoms with Crippen LogP contribution < -0.4 is 0 Å². The molecule has 0 saturated carbocycles. The maximum Gasteiger partial charge on any atom is -0.0129 e. The van der Waals surface area contributed by atoms with Crippen LogP contribution in [0, 0.1) is 6.92 Å². The lowest BCUT2D eigenvalue weighted by Gasteiger charge is -2.23. The Morgan fingerprint density at radius 1 is 1.23 bits per heavy atom. The van der Waals surface area contributed by atoms with Gasteiger partial charge in [-0.25, -0.2) is 0 Å². The van der Waals surface area contributed by atoms with E-state index in [4.69, 9.17) is 0 Å². The highest BCUT2D eigenvalue weighted by Gasteiger charge is 2.17. The molecule has 1 radical (unpaired) electrons. The van der Waals surface area contributed by atoms with Crippen molar-refractivity contribution in [2.75, 3.05) is 0 Å². The molecule has 0 bridgehead atoms. The molecule has 0 fully saturated rings. The van der Waals surface area contributed by atoms with Gasteiger partial charge in [0.25, 0.3) is 0 Å². The van der Waals surface area contributed by atoms with Crippen LogP contribution >= 0.6 is 0 Å². The highest BCUT2D eigenvalue weighted by Crippen LogP contribution is 2.27. The molecule has 1 rings (SSSR count). The topological polar surface area (TPSA) is 0 Å². The van der Waals surface area contributed by atoms with Crippen LogP contribution in [-0.4, -0.2) is 0 Å². The average molecular weight is 175 g/mol. The molecule has 0 unspecified atom stereocenters. The monoisotopic (exact) mass is 175 g/mol. The maximum absolute atomic E-state index is 4.07. The predicted molar refractivity (Wildman–Crippen MR) is 59.0 cm³/mol. The van der Waals surface area contributed by atoms with E-state index in [1.54, 1.807) is 0 Å². The third kappa shape index (κ3) is 2.12. The van der Waals surface area contributed by atoms with E-state index in [1.807, 2.05) is 0 Å². The zero-order valence-electron chi connectivity index (χ0n) is 9.15. The first-order chi connectivity index (χ1) is 5.96. The SMILES string of the molecule is [CH2]c1cccc(C(C)(C)C)c1CC. The Hall–Kier alpha value is -0.780. The average Bonchev–Trinajstić information content (AvgIpc) is 2.02. The number of hydrogen-bond acceptors (Lipinski definition) is 0. The highest BCUT2D eigenvalue weighted by atomic mass is 14.2. The summed E-state index contributed by atoms with van der Waals surface area (Å²) >= 11 is 0. The van der Waals surface area contributed by atoms with Crippen molar-refractivity contribution in [3.63, 3.8) is 0 Å². The van der Waals surface area contributed by atoms with Crippen LogP contribution in [0.1, 0.15) is 44.4 Å². The minimum Gasteiger partial charge on any atom is -0.0617 e. The van der Waals surface area contributed by atoms with Crippen LogP contribution in [0.2, 0.25) is 0 Å². The molecular formula is C13H19. The minimum atomic E-state index is 0.235. The van der Waals surface area contributed by atoms with E-state index >= 15 is 0 Å². The molecular weight excluding hydrogens is 156 g/mol. The highest BCUT2D eigenvalue weighted by molar-refractivity contribution is 5.40. The maximum atomic E-state index is 4.07. The van der Waals surface area contributed by atoms with Crippen molar-refractivity contribution in [2.45, 2.75) is 39.5 Å². The second-order valence-electron chi connectivity index (χ2n) is 4.55. The summed E-state index contributed by atoms with van der Waals surface area (Å²) in [5, 5.41) is 0. The van der Waals surface area contributed by atoms with E-state index in [0.717, 1.165) is 6.42 Å². The van der Waals surface area contributed by atoms with E-state index in [1.165, 1.54) is 16.7 Å². The first kappa shape index (κ1) is 10.3. The fourth-order valence-electron chi connectivity index (χ4n) is 1.75. The van der Waals surface area contributed by atoms with Crippen LogP contribution in [-0.2, 0) is 11.8 Å². The number of hydrogen-bond donors (Lipinski definition) is 0. The van der Waals surface area contributed by atoms with Gasteiger partial charge in [0, 0.05) is 0 Å². The molecule has 0 spiro atoms. The molecule has 0 N–H and O–H groups in total. The summed E-state index contributed by atoms with van der Waals surface area (Å²) in [6.07, 6.45) is 1.08. The Morgan fingerprint density at radius 3 is 2.23 bits per heavy atom. The van der Waals surface area contributed by atoms with Gasteiger partial charge in [-0.2, -0.15) is 0 Å². The first-order valence-electron chi connectivity index (χ1n) is 4.91.